The first-order valence-corrected chi connectivity index (χ1v) is 10.1. The number of benzene rings is 1. The minimum Gasteiger partial charge on any atom is -0.294 e. The second-order valence-corrected chi connectivity index (χ2v) is 8.93. The Bertz CT molecular complexity index is 854. The van der Waals surface area contributed by atoms with Crippen LogP contribution in [0, 0.1) is 27.7 Å². The fourth-order valence-electron chi connectivity index (χ4n) is 2.67. The number of carbonyl (C=O) groups is 1. The summed E-state index contributed by atoms with van der Waals surface area (Å²) in [5.41, 5.74) is 3.53. The van der Waals surface area contributed by atoms with Crippen molar-refractivity contribution < 1.29 is 13.2 Å². The summed E-state index contributed by atoms with van der Waals surface area (Å²) in [4.78, 5) is 13.4. The summed E-state index contributed by atoms with van der Waals surface area (Å²) in [5, 5.41) is 0. The van der Waals surface area contributed by atoms with Gasteiger partial charge >= 0.3 is 0 Å². The van der Waals surface area contributed by atoms with Crippen molar-refractivity contribution in [2.24, 2.45) is 0 Å². The van der Waals surface area contributed by atoms with Crippen molar-refractivity contribution in [1.29, 1.82) is 0 Å². The number of rotatable bonds is 6. The van der Waals surface area contributed by atoms with Crippen molar-refractivity contribution >= 4 is 27.1 Å². The molecule has 0 unspecified atom stereocenters. The van der Waals surface area contributed by atoms with Crippen LogP contribution in [0.4, 0.5) is 0 Å². The number of sulfonamides is 1. The van der Waals surface area contributed by atoms with Crippen molar-refractivity contribution in [1.82, 2.24) is 4.72 Å². The molecular weight excluding hydrogens is 342 g/mol. The monoisotopic (exact) mass is 365 g/mol. The molecule has 2 rings (SSSR count). The molecular formula is C18H23NO3S2. The van der Waals surface area contributed by atoms with Gasteiger partial charge in [0.15, 0.2) is 5.78 Å². The molecule has 1 heterocycles. The number of ketones is 1. The number of nitrogens with one attached hydrogen (secondary N) is 1. The predicted molar refractivity (Wildman–Crippen MR) is 98.6 cm³/mol. The summed E-state index contributed by atoms with van der Waals surface area (Å²) in [6.07, 6.45) is 0.570. The average Bonchev–Trinajstić information content (AvgIpc) is 2.94. The van der Waals surface area contributed by atoms with Gasteiger partial charge in [-0.15, -0.1) is 11.3 Å². The molecule has 4 nitrogen and oxygen atoms in total. The molecule has 0 aliphatic heterocycles. The highest BCUT2D eigenvalue weighted by atomic mass is 32.2. The summed E-state index contributed by atoms with van der Waals surface area (Å²) >= 11 is 1.41. The quantitative estimate of drug-likeness (QED) is 0.794. The highest BCUT2D eigenvalue weighted by Crippen LogP contribution is 2.26. The molecule has 0 saturated heterocycles. The predicted octanol–water partition coefficient (Wildman–Crippen LogP) is 3.71. The van der Waals surface area contributed by atoms with E-state index in [0.717, 1.165) is 27.1 Å². The van der Waals surface area contributed by atoms with Gasteiger partial charge in [-0.3, -0.25) is 4.79 Å². The third kappa shape index (κ3) is 3.94. The molecule has 24 heavy (non-hydrogen) atoms. The number of Topliss-reactive ketones (excluding diaryl/α,β-unsaturated/α-hetero) is 1. The smallest absolute Gasteiger partial charge is 0.241 e. The lowest BCUT2D eigenvalue weighted by Gasteiger charge is -2.16. The standard InChI is InChI=1S/C18H23NO3S2/c1-11-10-12(2)14(4)18(13(11)3)24(21,22)19-9-8-16-6-7-17(23-16)15(5)20/h6-7,10,19H,8-9H2,1-5H3. The average molecular weight is 366 g/mol. The molecule has 0 spiro atoms. The van der Waals surface area contributed by atoms with E-state index in [1.165, 1.54) is 18.3 Å². The van der Waals surface area contributed by atoms with Gasteiger partial charge in [0.05, 0.1) is 9.77 Å². The maximum atomic E-state index is 12.7. The van der Waals surface area contributed by atoms with Gasteiger partial charge < -0.3 is 0 Å². The molecule has 0 saturated carbocycles. The fourth-order valence-corrected chi connectivity index (χ4v) is 5.21. The van der Waals surface area contributed by atoms with Crippen LogP contribution in [0.5, 0.6) is 0 Å². The molecule has 0 atom stereocenters. The number of hydrogen-bond acceptors (Lipinski definition) is 4. The number of thiophene rings is 1. The lowest BCUT2D eigenvalue weighted by atomic mass is 10.0. The van der Waals surface area contributed by atoms with Gasteiger partial charge in [-0.1, -0.05) is 6.07 Å². The first kappa shape index (κ1) is 18.8. The summed E-state index contributed by atoms with van der Waals surface area (Å²) in [6.45, 7) is 9.38. The maximum Gasteiger partial charge on any atom is 0.241 e. The molecule has 1 aromatic carbocycles. The third-order valence-electron chi connectivity index (χ3n) is 4.24. The van der Waals surface area contributed by atoms with Crippen LogP contribution in [-0.4, -0.2) is 20.7 Å². The van der Waals surface area contributed by atoms with Crippen LogP contribution in [0.2, 0.25) is 0 Å². The van der Waals surface area contributed by atoms with Crippen LogP contribution in [0.1, 0.15) is 43.7 Å². The minimum absolute atomic E-state index is 0.0355. The first-order valence-electron chi connectivity index (χ1n) is 7.80. The van der Waals surface area contributed by atoms with Crippen LogP contribution in [0.25, 0.3) is 0 Å². The number of hydrogen-bond donors (Lipinski definition) is 1. The molecule has 0 bridgehead atoms. The third-order valence-corrected chi connectivity index (χ3v) is 7.22. The van der Waals surface area contributed by atoms with Gasteiger partial charge in [0.25, 0.3) is 0 Å². The lowest BCUT2D eigenvalue weighted by Crippen LogP contribution is -2.27. The summed E-state index contributed by atoms with van der Waals surface area (Å²) in [5.74, 6) is 0.0355. The first-order chi connectivity index (χ1) is 11.1. The highest BCUT2D eigenvalue weighted by Gasteiger charge is 2.21. The molecule has 0 radical (unpaired) electrons. The molecule has 1 N–H and O–H groups in total. The zero-order valence-electron chi connectivity index (χ0n) is 14.7. The van der Waals surface area contributed by atoms with E-state index in [2.05, 4.69) is 4.72 Å². The Kier molecular flexibility index (Phi) is 5.63. The van der Waals surface area contributed by atoms with Crippen LogP contribution < -0.4 is 4.72 Å². The summed E-state index contributed by atoms with van der Waals surface area (Å²) in [6, 6.07) is 5.68. The number of aryl methyl sites for hydroxylation is 2. The van der Waals surface area contributed by atoms with Crippen molar-refractivity contribution in [3.8, 4) is 0 Å². The van der Waals surface area contributed by atoms with Crippen molar-refractivity contribution in [2.45, 2.75) is 45.9 Å². The van der Waals surface area contributed by atoms with Crippen LogP contribution in [0.3, 0.4) is 0 Å². The highest BCUT2D eigenvalue weighted by molar-refractivity contribution is 7.89. The van der Waals surface area contributed by atoms with Gasteiger partial charge in [-0.05, 0) is 75.4 Å². The van der Waals surface area contributed by atoms with Gasteiger partial charge in [0, 0.05) is 11.4 Å². The maximum absolute atomic E-state index is 12.7. The van der Waals surface area contributed by atoms with Crippen LogP contribution in [0.15, 0.2) is 23.1 Å². The molecule has 0 aliphatic carbocycles. The minimum atomic E-state index is -3.56. The largest absolute Gasteiger partial charge is 0.294 e. The Morgan fingerprint density at radius 3 is 2.17 bits per heavy atom. The van der Waals surface area contributed by atoms with Gasteiger partial charge in [0.2, 0.25) is 10.0 Å². The van der Waals surface area contributed by atoms with Crippen molar-refractivity contribution in [3.63, 3.8) is 0 Å². The Hall–Kier alpha value is -1.50. The van der Waals surface area contributed by atoms with E-state index in [9.17, 15) is 13.2 Å². The SMILES string of the molecule is CC(=O)c1ccc(CCNS(=O)(=O)c2c(C)c(C)cc(C)c2C)s1. The van der Waals surface area contributed by atoms with Crippen LogP contribution >= 0.6 is 11.3 Å². The summed E-state index contributed by atoms with van der Waals surface area (Å²) in [7, 11) is -3.56. The molecule has 6 heteroatoms. The molecule has 0 aliphatic rings. The second kappa shape index (κ2) is 7.17. The Morgan fingerprint density at radius 2 is 1.67 bits per heavy atom. The van der Waals surface area contributed by atoms with Crippen molar-refractivity contribution in [2.75, 3.05) is 6.54 Å². The molecule has 0 amide bonds. The van der Waals surface area contributed by atoms with E-state index in [4.69, 9.17) is 0 Å². The Morgan fingerprint density at radius 1 is 1.08 bits per heavy atom. The van der Waals surface area contributed by atoms with E-state index in [1.807, 2.05) is 39.8 Å². The summed E-state index contributed by atoms with van der Waals surface area (Å²) < 4.78 is 28.1. The van der Waals surface area contributed by atoms with E-state index >= 15 is 0 Å². The Labute approximate surface area is 148 Å². The Balaban J connectivity index is 2.16. The second-order valence-electron chi connectivity index (χ2n) is 6.06. The topological polar surface area (TPSA) is 63.2 Å². The van der Waals surface area contributed by atoms with Crippen molar-refractivity contribution in [3.05, 3.63) is 50.2 Å². The van der Waals surface area contributed by atoms with E-state index in [1.54, 1.807) is 6.07 Å². The number of carbonyl (C=O) groups excluding carboxylic acids is 1. The lowest BCUT2D eigenvalue weighted by molar-refractivity contribution is 0.102. The fraction of sp³-hybridized carbons (Fsp3) is 0.389. The molecule has 0 fully saturated rings. The zero-order valence-corrected chi connectivity index (χ0v) is 16.3. The van der Waals surface area contributed by atoms with Gasteiger partial charge in [-0.2, -0.15) is 0 Å². The van der Waals surface area contributed by atoms with Gasteiger partial charge in [0.1, 0.15) is 0 Å². The normalized spacial score (nSPS) is 11.7. The molecule has 130 valence electrons. The van der Waals surface area contributed by atoms with E-state index in [0.29, 0.717) is 22.7 Å². The zero-order chi connectivity index (χ0) is 18.1. The molecule has 1 aromatic heterocycles. The van der Waals surface area contributed by atoms with Gasteiger partial charge in [-0.25, -0.2) is 13.1 Å². The van der Waals surface area contributed by atoms with Crippen LogP contribution in [-0.2, 0) is 16.4 Å². The molecule has 2 aromatic rings. The van der Waals surface area contributed by atoms with E-state index in [-0.39, 0.29) is 5.78 Å². The van der Waals surface area contributed by atoms with E-state index < -0.39 is 10.0 Å².